The monoisotopic (exact) mass is 340 g/mol. The number of nitrogens with zero attached hydrogens (tertiary/aromatic N) is 2. The number of benzene rings is 2. The van der Waals surface area contributed by atoms with Gasteiger partial charge in [0.15, 0.2) is 0 Å². The molecule has 0 N–H and O–H groups in total. The first-order valence-corrected chi connectivity index (χ1v) is 8.95. The minimum absolute atomic E-state index is 0.830. The van der Waals surface area contributed by atoms with E-state index in [0.29, 0.717) is 0 Å². The van der Waals surface area contributed by atoms with Crippen LogP contribution in [-0.2, 0) is 0 Å². The number of anilines is 1. The third kappa shape index (κ3) is 4.40. The standard InChI is InChI=1S/C21H25ClN2/c1-17-8-9-18(2)21(14-17)24-12-10-23(11-13-24)16-20(22)15-19-6-4-3-5-7-19/h3-9,14-15H,10-13,16H2,1-2H3/b20-15-. The highest BCUT2D eigenvalue weighted by atomic mass is 35.5. The zero-order chi connectivity index (χ0) is 16.9. The van der Waals surface area contributed by atoms with E-state index < -0.39 is 0 Å². The Hall–Kier alpha value is -1.77. The van der Waals surface area contributed by atoms with Crippen LogP contribution in [0.4, 0.5) is 5.69 Å². The molecule has 0 aromatic heterocycles. The van der Waals surface area contributed by atoms with Crippen LogP contribution >= 0.6 is 11.6 Å². The number of hydrogen-bond acceptors (Lipinski definition) is 2. The van der Waals surface area contributed by atoms with Gasteiger partial charge >= 0.3 is 0 Å². The van der Waals surface area contributed by atoms with Gasteiger partial charge in [-0.1, -0.05) is 54.1 Å². The fourth-order valence-corrected chi connectivity index (χ4v) is 3.49. The van der Waals surface area contributed by atoms with E-state index in [2.05, 4.69) is 60.1 Å². The molecule has 0 spiro atoms. The van der Waals surface area contributed by atoms with Crippen molar-refractivity contribution in [2.45, 2.75) is 13.8 Å². The molecule has 0 amide bonds. The Morgan fingerprint density at radius 2 is 1.71 bits per heavy atom. The summed E-state index contributed by atoms with van der Waals surface area (Å²) in [5, 5.41) is 0.904. The van der Waals surface area contributed by atoms with Crippen molar-refractivity contribution < 1.29 is 0 Å². The van der Waals surface area contributed by atoms with Crippen molar-refractivity contribution in [3.05, 3.63) is 70.3 Å². The van der Waals surface area contributed by atoms with Gasteiger partial charge in [0.05, 0.1) is 0 Å². The third-order valence-corrected chi connectivity index (χ3v) is 4.80. The first-order chi connectivity index (χ1) is 11.6. The molecule has 0 saturated carbocycles. The summed E-state index contributed by atoms with van der Waals surface area (Å²) in [7, 11) is 0. The molecule has 0 unspecified atom stereocenters. The quantitative estimate of drug-likeness (QED) is 0.795. The fourth-order valence-electron chi connectivity index (χ4n) is 3.20. The van der Waals surface area contributed by atoms with Crippen molar-refractivity contribution in [3.63, 3.8) is 0 Å². The van der Waals surface area contributed by atoms with Gasteiger partial charge in [-0.05, 0) is 42.7 Å². The molecule has 3 rings (SSSR count). The lowest BCUT2D eigenvalue weighted by atomic mass is 10.1. The van der Waals surface area contributed by atoms with Crippen molar-refractivity contribution in [1.29, 1.82) is 0 Å². The predicted molar refractivity (Wildman–Crippen MR) is 105 cm³/mol. The second kappa shape index (κ2) is 7.87. The summed E-state index contributed by atoms with van der Waals surface area (Å²) >= 11 is 6.45. The number of piperazine rings is 1. The molecule has 1 fully saturated rings. The molecule has 2 aromatic rings. The first kappa shape index (κ1) is 17.1. The average Bonchev–Trinajstić information content (AvgIpc) is 2.59. The van der Waals surface area contributed by atoms with Gasteiger partial charge < -0.3 is 4.90 Å². The normalized spacial score (nSPS) is 16.5. The van der Waals surface area contributed by atoms with Crippen molar-refractivity contribution >= 4 is 23.4 Å². The molecule has 1 aliphatic rings. The largest absolute Gasteiger partial charge is 0.369 e. The Kier molecular flexibility index (Phi) is 5.60. The van der Waals surface area contributed by atoms with Crippen LogP contribution in [0, 0.1) is 13.8 Å². The van der Waals surface area contributed by atoms with E-state index in [4.69, 9.17) is 11.6 Å². The first-order valence-electron chi connectivity index (χ1n) is 8.57. The topological polar surface area (TPSA) is 6.48 Å². The maximum atomic E-state index is 6.45. The summed E-state index contributed by atoms with van der Waals surface area (Å²) in [6.07, 6.45) is 2.07. The van der Waals surface area contributed by atoms with Gasteiger partial charge in [-0.25, -0.2) is 0 Å². The summed E-state index contributed by atoms with van der Waals surface area (Å²) in [6.45, 7) is 9.39. The van der Waals surface area contributed by atoms with Crippen LogP contribution in [0.3, 0.4) is 0 Å². The summed E-state index contributed by atoms with van der Waals surface area (Å²) in [6, 6.07) is 17.0. The van der Waals surface area contributed by atoms with Crippen LogP contribution in [0.2, 0.25) is 0 Å². The van der Waals surface area contributed by atoms with Gasteiger partial charge in [0.25, 0.3) is 0 Å². The number of hydrogen-bond donors (Lipinski definition) is 0. The van der Waals surface area contributed by atoms with Crippen LogP contribution in [0.1, 0.15) is 16.7 Å². The van der Waals surface area contributed by atoms with Gasteiger partial charge in [-0.2, -0.15) is 0 Å². The summed E-state index contributed by atoms with van der Waals surface area (Å²) in [4.78, 5) is 4.93. The van der Waals surface area contributed by atoms with E-state index in [9.17, 15) is 0 Å². The predicted octanol–water partition coefficient (Wildman–Crippen LogP) is 4.71. The van der Waals surface area contributed by atoms with Crippen LogP contribution in [0.5, 0.6) is 0 Å². The highest BCUT2D eigenvalue weighted by molar-refractivity contribution is 6.31. The Labute approximate surface area is 150 Å². The highest BCUT2D eigenvalue weighted by Gasteiger charge is 2.18. The van der Waals surface area contributed by atoms with Crippen molar-refractivity contribution in [1.82, 2.24) is 4.90 Å². The molecule has 1 heterocycles. The lowest BCUT2D eigenvalue weighted by molar-refractivity contribution is 0.282. The molecule has 1 saturated heterocycles. The van der Waals surface area contributed by atoms with Gasteiger partial charge in [-0.3, -0.25) is 4.90 Å². The van der Waals surface area contributed by atoms with Crippen molar-refractivity contribution in [2.24, 2.45) is 0 Å². The SMILES string of the molecule is Cc1ccc(C)c(N2CCN(C/C(Cl)=C/c3ccccc3)CC2)c1. The Balaban J connectivity index is 1.57. The van der Waals surface area contributed by atoms with E-state index in [1.165, 1.54) is 16.8 Å². The van der Waals surface area contributed by atoms with Crippen LogP contribution in [-0.4, -0.2) is 37.6 Å². The van der Waals surface area contributed by atoms with E-state index in [1.54, 1.807) is 0 Å². The zero-order valence-electron chi connectivity index (χ0n) is 14.5. The molecular formula is C21H25ClN2. The van der Waals surface area contributed by atoms with E-state index in [0.717, 1.165) is 43.3 Å². The number of halogens is 1. The minimum Gasteiger partial charge on any atom is -0.369 e. The Bertz CT molecular complexity index is 701. The Morgan fingerprint density at radius 3 is 2.42 bits per heavy atom. The molecule has 3 heteroatoms. The molecule has 24 heavy (non-hydrogen) atoms. The molecule has 0 bridgehead atoms. The molecule has 0 aliphatic carbocycles. The molecule has 1 aliphatic heterocycles. The van der Waals surface area contributed by atoms with Crippen LogP contribution in [0.25, 0.3) is 6.08 Å². The van der Waals surface area contributed by atoms with E-state index in [1.807, 2.05) is 18.2 Å². The minimum atomic E-state index is 0.830. The smallest absolute Gasteiger partial charge is 0.0399 e. The van der Waals surface area contributed by atoms with Crippen molar-refractivity contribution in [2.75, 3.05) is 37.6 Å². The molecule has 0 radical (unpaired) electrons. The molecular weight excluding hydrogens is 316 g/mol. The van der Waals surface area contributed by atoms with Gasteiger partial charge in [0.2, 0.25) is 0 Å². The average molecular weight is 341 g/mol. The zero-order valence-corrected chi connectivity index (χ0v) is 15.3. The fraction of sp³-hybridized carbons (Fsp3) is 0.333. The third-order valence-electron chi connectivity index (χ3n) is 4.58. The van der Waals surface area contributed by atoms with Crippen LogP contribution in [0.15, 0.2) is 53.6 Å². The summed E-state index contributed by atoms with van der Waals surface area (Å²) < 4.78 is 0. The Morgan fingerprint density at radius 1 is 1.00 bits per heavy atom. The lowest BCUT2D eigenvalue weighted by Crippen LogP contribution is -2.46. The molecule has 126 valence electrons. The lowest BCUT2D eigenvalue weighted by Gasteiger charge is -2.36. The maximum Gasteiger partial charge on any atom is 0.0399 e. The summed E-state index contributed by atoms with van der Waals surface area (Å²) in [5.41, 5.74) is 5.22. The number of aryl methyl sites for hydroxylation is 2. The molecule has 2 aromatic carbocycles. The van der Waals surface area contributed by atoms with Gasteiger partial charge in [-0.15, -0.1) is 0 Å². The van der Waals surface area contributed by atoms with Crippen LogP contribution < -0.4 is 4.90 Å². The molecule has 2 nitrogen and oxygen atoms in total. The number of rotatable bonds is 4. The highest BCUT2D eigenvalue weighted by Crippen LogP contribution is 2.23. The molecule has 0 atom stereocenters. The second-order valence-electron chi connectivity index (χ2n) is 6.56. The second-order valence-corrected chi connectivity index (χ2v) is 7.04. The van der Waals surface area contributed by atoms with Gasteiger partial charge in [0, 0.05) is 43.4 Å². The van der Waals surface area contributed by atoms with E-state index >= 15 is 0 Å². The van der Waals surface area contributed by atoms with E-state index in [-0.39, 0.29) is 0 Å². The van der Waals surface area contributed by atoms with Gasteiger partial charge in [0.1, 0.15) is 0 Å². The summed E-state index contributed by atoms with van der Waals surface area (Å²) in [5.74, 6) is 0. The maximum absolute atomic E-state index is 6.45. The van der Waals surface area contributed by atoms with Crippen molar-refractivity contribution in [3.8, 4) is 0 Å².